The van der Waals surface area contributed by atoms with Crippen molar-refractivity contribution in [2.45, 2.75) is 37.9 Å². The number of ether oxygens (including phenoxy) is 1. The van der Waals surface area contributed by atoms with Gasteiger partial charge in [-0.2, -0.15) is 0 Å². The minimum atomic E-state index is -0.540. The van der Waals surface area contributed by atoms with E-state index >= 15 is 0 Å². The SMILES string of the molecule is Cc1ccc(NC(=O)NC(=O)CSc2nnc(N3CCOCC3)n2C2CC2)cc1C. The molecule has 0 bridgehead atoms. The lowest BCUT2D eigenvalue weighted by Gasteiger charge is -2.27. The van der Waals surface area contributed by atoms with E-state index in [-0.39, 0.29) is 11.7 Å². The second kappa shape index (κ2) is 9.05. The van der Waals surface area contributed by atoms with Gasteiger partial charge in [0, 0.05) is 24.8 Å². The number of morpholine rings is 1. The predicted molar refractivity (Wildman–Crippen MR) is 115 cm³/mol. The number of urea groups is 1. The lowest BCUT2D eigenvalue weighted by atomic mass is 10.1. The van der Waals surface area contributed by atoms with Crippen molar-refractivity contribution in [1.29, 1.82) is 0 Å². The molecule has 1 aliphatic carbocycles. The summed E-state index contributed by atoms with van der Waals surface area (Å²) >= 11 is 1.30. The summed E-state index contributed by atoms with van der Waals surface area (Å²) in [7, 11) is 0. The van der Waals surface area contributed by atoms with Gasteiger partial charge in [0.15, 0.2) is 5.16 Å². The lowest BCUT2D eigenvalue weighted by Crippen LogP contribution is -2.38. The van der Waals surface area contributed by atoms with Gasteiger partial charge in [0.05, 0.1) is 19.0 Å². The Morgan fingerprint density at radius 2 is 1.93 bits per heavy atom. The fourth-order valence-electron chi connectivity index (χ4n) is 3.27. The molecular formula is C20H26N6O3S. The molecule has 30 heavy (non-hydrogen) atoms. The van der Waals surface area contributed by atoms with Crippen molar-refractivity contribution >= 4 is 35.3 Å². The fraction of sp³-hybridized carbons (Fsp3) is 0.500. The minimum absolute atomic E-state index is 0.0916. The van der Waals surface area contributed by atoms with Gasteiger partial charge in [-0.3, -0.25) is 14.7 Å². The number of thioether (sulfide) groups is 1. The molecule has 2 heterocycles. The van der Waals surface area contributed by atoms with Crippen LogP contribution in [0.5, 0.6) is 0 Å². The van der Waals surface area contributed by atoms with Gasteiger partial charge in [-0.05, 0) is 49.9 Å². The van der Waals surface area contributed by atoms with E-state index in [4.69, 9.17) is 4.74 Å². The van der Waals surface area contributed by atoms with E-state index < -0.39 is 6.03 Å². The Hall–Kier alpha value is -2.59. The number of aryl methyl sites for hydroxylation is 2. The molecule has 0 spiro atoms. The Morgan fingerprint density at radius 1 is 1.17 bits per heavy atom. The molecule has 1 aromatic heterocycles. The van der Waals surface area contributed by atoms with Crippen LogP contribution in [-0.2, 0) is 9.53 Å². The molecule has 1 saturated heterocycles. The normalized spacial score (nSPS) is 16.4. The third-order valence-corrected chi connectivity index (χ3v) is 6.15. The van der Waals surface area contributed by atoms with Crippen molar-refractivity contribution in [2.75, 3.05) is 42.3 Å². The van der Waals surface area contributed by atoms with Crippen LogP contribution in [0.1, 0.15) is 30.0 Å². The summed E-state index contributed by atoms with van der Waals surface area (Å²) < 4.78 is 7.54. The summed E-state index contributed by atoms with van der Waals surface area (Å²) in [5.41, 5.74) is 2.87. The number of rotatable bonds is 6. The molecule has 0 radical (unpaired) electrons. The van der Waals surface area contributed by atoms with Crippen LogP contribution in [0.2, 0.25) is 0 Å². The first-order chi connectivity index (χ1) is 14.5. The Bertz CT molecular complexity index is 937. The van der Waals surface area contributed by atoms with Crippen molar-refractivity contribution in [1.82, 2.24) is 20.1 Å². The summed E-state index contributed by atoms with van der Waals surface area (Å²) in [6, 6.07) is 5.46. The Labute approximate surface area is 179 Å². The molecule has 10 heteroatoms. The Balaban J connectivity index is 1.33. The van der Waals surface area contributed by atoms with Crippen LogP contribution in [0.15, 0.2) is 23.4 Å². The number of nitrogens with zero attached hydrogens (tertiary/aromatic N) is 4. The van der Waals surface area contributed by atoms with Gasteiger partial charge in [-0.25, -0.2) is 4.79 Å². The van der Waals surface area contributed by atoms with Gasteiger partial charge in [0.1, 0.15) is 0 Å². The number of imide groups is 1. The molecule has 1 aromatic carbocycles. The maximum absolute atomic E-state index is 12.3. The molecule has 2 aliphatic rings. The van der Waals surface area contributed by atoms with Crippen molar-refractivity contribution in [3.05, 3.63) is 29.3 Å². The van der Waals surface area contributed by atoms with Crippen LogP contribution in [0.25, 0.3) is 0 Å². The highest BCUT2D eigenvalue weighted by molar-refractivity contribution is 7.99. The molecule has 1 aliphatic heterocycles. The van der Waals surface area contributed by atoms with Crippen LogP contribution < -0.4 is 15.5 Å². The molecule has 2 fully saturated rings. The van der Waals surface area contributed by atoms with Crippen LogP contribution >= 0.6 is 11.8 Å². The predicted octanol–water partition coefficient (Wildman–Crippen LogP) is 2.51. The Morgan fingerprint density at radius 3 is 2.63 bits per heavy atom. The maximum atomic E-state index is 12.3. The first-order valence-electron chi connectivity index (χ1n) is 10.1. The zero-order valence-corrected chi connectivity index (χ0v) is 18.0. The molecule has 4 rings (SSSR count). The van der Waals surface area contributed by atoms with E-state index in [0.717, 1.165) is 43.0 Å². The van der Waals surface area contributed by atoms with E-state index in [9.17, 15) is 9.59 Å². The van der Waals surface area contributed by atoms with Gasteiger partial charge in [-0.1, -0.05) is 17.8 Å². The smallest absolute Gasteiger partial charge is 0.325 e. The van der Waals surface area contributed by atoms with Crippen molar-refractivity contribution in [3.8, 4) is 0 Å². The summed E-state index contributed by atoms with van der Waals surface area (Å²) in [5.74, 6) is 0.560. The molecule has 3 amide bonds. The number of hydrogen-bond acceptors (Lipinski definition) is 7. The fourth-order valence-corrected chi connectivity index (χ4v) is 4.07. The van der Waals surface area contributed by atoms with Crippen molar-refractivity contribution < 1.29 is 14.3 Å². The quantitative estimate of drug-likeness (QED) is 0.679. The third kappa shape index (κ3) is 4.93. The van der Waals surface area contributed by atoms with Crippen LogP contribution in [-0.4, -0.2) is 58.8 Å². The number of carbonyl (C=O) groups is 2. The van der Waals surface area contributed by atoms with Gasteiger partial charge in [0.25, 0.3) is 0 Å². The summed E-state index contributed by atoms with van der Waals surface area (Å²) in [6.45, 7) is 6.91. The molecule has 160 valence electrons. The van der Waals surface area contributed by atoms with Gasteiger partial charge < -0.3 is 15.0 Å². The molecule has 9 nitrogen and oxygen atoms in total. The second-order valence-corrected chi connectivity index (χ2v) is 8.52. The number of hydrogen-bond donors (Lipinski definition) is 2. The summed E-state index contributed by atoms with van der Waals surface area (Å²) in [4.78, 5) is 26.6. The van der Waals surface area contributed by atoms with E-state index in [1.165, 1.54) is 11.8 Å². The van der Waals surface area contributed by atoms with E-state index in [1.54, 1.807) is 0 Å². The molecular weight excluding hydrogens is 404 g/mol. The number of anilines is 2. The zero-order valence-electron chi connectivity index (χ0n) is 17.2. The second-order valence-electron chi connectivity index (χ2n) is 7.57. The summed E-state index contributed by atoms with van der Waals surface area (Å²) in [5, 5.41) is 14.4. The molecule has 0 atom stereocenters. The first kappa shape index (κ1) is 20.7. The standard InChI is InChI=1S/C20H26N6O3S/c1-13-3-4-15(11-14(13)2)21-18(28)22-17(27)12-30-20-24-23-19(26(20)16-5-6-16)25-7-9-29-10-8-25/h3-4,11,16H,5-10,12H2,1-2H3,(H2,21,22,27,28). The molecule has 2 aromatic rings. The van der Waals surface area contributed by atoms with Crippen LogP contribution in [0.4, 0.5) is 16.4 Å². The number of carbonyl (C=O) groups excluding carboxylic acids is 2. The number of aromatic nitrogens is 3. The highest BCUT2D eigenvalue weighted by atomic mass is 32.2. The van der Waals surface area contributed by atoms with Crippen molar-refractivity contribution in [2.24, 2.45) is 0 Å². The number of nitrogens with one attached hydrogen (secondary N) is 2. The van der Waals surface area contributed by atoms with E-state index in [1.807, 2.05) is 32.0 Å². The Kier molecular flexibility index (Phi) is 6.24. The number of amides is 3. The average Bonchev–Trinajstić information content (AvgIpc) is 3.48. The van der Waals surface area contributed by atoms with Gasteiger partial charge in [-0.15, -0.1) is 10.2 Å². The highest BCUT2D eigenvalue weighted by Crippen LogP contribution is 2.41. The largest absolute Gasteiger partial charge is 0.378 e. The van der Waals surface area contributed by atoms with E-state index in [2.05, 4.69) is 30.3 Å². The topological polar surface area (TPSA) is 101 Å². The van der Waals surface area contributed by atoms with Gasteiger partial charge in [0.2, 0.25) is 11.9 Å². The number of benzene rings is 1. The summed E-state index contributed by atoms with van der Waals surface area (Å²) in [6.07, 6.45) is 2.18. The molecule has 2 N–H and O–H groups in total. The van der Waals surface area contributed by atoms with Crippen LogP contribution in [0, 0.1) is 13.8 Å². The molecule has 0 unspecified atom stereocenters. The minimum Gasteiger partial charge on any atom is -0.378 e. The maximum Gasteiger partial charge on any atom is 0.325 e. The first-order valence-corrected chi connectivity index (χ1v) is 11.1. The third-order valence-electron chi connectivity index (χ3n) is 5.20. The average molecular weight is 431 g/mol. The monoisotopic (exact) mass is 430 g/mol. The highest BCUT2D eigenvalue weighted by Gasteiger charge is 2.32. The van der Waals surface area contributed by atoms with Gasteiger partial charge >= 0.3 is 6.03 Å². The zero-order chi connectivity index (χ0) is 21.1. The van der Waals surface area contributed by atoms with Crippen LogP contribution in [0.3, 0.4) is 0 Å². The lowest BCUT2D eigenvalue weighted by molar-refractivity contribution is -0.117. The molecule has 1 saturated carbocycles. The van der Waals surface area contributed by atoms with Crippen molar-refractivity contribution in [3.63, 3.8) is 0 Å². The van der Waals surface area contributed by atoms with E-state index in [0.29, 0.717) is 30.1 Å².